The fourth-order valence-electron chi connectivity index (χ4n) is 2.59. The average Bonchev–Trinajstić information content (AvgIpc) is 2.45. The van der Waals surface area contributed by atoms with Gasteiger partial charge >= 0.3 is 0 Å². The fourth-order valence-corrected chi connectivity index (χ4v) is 2.59. The molecule has 5 heteroatoms. The Bertz CT molecular complexity index is 427. The highest BCUT2D eigenvalue weighted by Gasteiger charge is 2.25. The third-order valence-corrected chi connectivity index (χ3v) is 3.83. The second-order valence-electron chi connectivity index (χ2n) is 5.27. The number of nitrogens with two attached hydrogens (primary N) is 1. The van der Waals surface area contributed by atoms with Crippen LogP contribution in [0, 0.1) is 18.8 Å². The third kappa shape index (κ3) is 3.99. The lowest BCUT2D eigenvalue weighted by Crippen LogP contribution is -2.34. The minimum atomic E-state index is 0.144. The zero-order valence-electron chi connectivity index (χ0n) is 11.4. The number of hydrogen-bond acceptors (Lipinski definition) is 4. The van der Waals surface area contributed by atoms with Crippen molar-refractivity contribution in [1.82, 2.24) is 15.3 Å². The second kappa shape index (κ2) is 6.61. The minimum Gasteiger partial charge on any atom is -0.350 e. The molecule has 3 N–H and O–H groups in total. The van der Waals surface area contributed by atoms with Gasteiger partial charge in [-0.2, -0.15) is 0 Å². The first-order valence-corrected chi connectivity index (χ1v) is 6.95. The van der Waals surface area contributed by atoms with E-state index in [1.54, 1.807) is 6.20 Å². The van der Waals surface area contributed by atoms with Gasteiger partial charge in [-0.05, 0) is 51.1 Å². The van der Waals surface area contributed by atoms with E-state index in [4.69, 9.17) is 5.73 Å². The Morgan fingerprint density at radius 3 is 2.79 bits per heavy atom. The molecular formula is C14H22N4O. The van der Waals surface area contributed by atoms with Gasteiger partial charge in [-0.25, -0.2) is 9.97 Å². The number of aromatic nitrogens is 2. The lowest BCUT2D eigenvalue weighted by molar-refractivity contribution is -0.126. The molecule has 1 aromatic heterocycles. The summed E-state index contributed by atoms with van der Waals surface area (Å²) in [6.07, 6.45) is 5.77. The summed E-state index contributed by atoms with van der Waals surface area (Å²) in [5.41, 5.74) is 6.52. The summed E-state index contributed by atoms with van der Waals surface area (Å²) >= 11 is 0. The van der Waals surface area contributed by atoms with Crippen LogP contribution in [0.25, 0.3) is 0 Å². The number of carbonyl (C=O) groups is 1. The number of hydrogen-bond donors (Lipinski definition) is 2. The van der Waals surface area contributed by atoms with E-state index in [2.05, 4.69) is 15.3 Å². The van der Waals surface area contributed by atoms with Gasteiger partial charge < -0.3 is 11.1 Å². The van der Waals surface area contributed by atoms with Crippen LogP contribution in [0.1, 0.15) is 37.2 Å². The van der Waals surface area contributed by atoms with Gasteiger partial charge in [0.25, 0.3) is 0 Å². The molecule has 104 valence electrons. The van der Waals surface area contributed by atoms with Gasteiger partial charge in [0.1, 0.15) is 5.82 Å². The smallest absolute Gasteiger partial charge is 0.223 e. The molecule has 5 nitrogen and oxygen atoms in total. The largest absolute Gasteiger partial charge is 0.350 e. The van der Waals surface area contributed by atoms with Crippen molar-refractivity contribution in [3.05, 3.63) is 23.8 Å². The van der Waals surface area contributed by atoms with Crippen molar-refractivity contribution in [2.75, 3.05) is 6.54 Å². The molecule has 2 rings (SSSR count). The second-order valence-corrected chi connectivity index (χ2v) is 5.27. The first-order chi connectivity index (χ1) is 9.19. The molecule has 19 heavy (non-hydrogen) atoms. The van der Waals surface area contributed by atoms with Crippen LogP contribution in [-0.2, 0) is 11.3 Å². The maximum absolute atomic E-state index is 12.1. The summed E-state index contributed by atoms with van der Waals surface area (Å²) in [5.74, 6) is 1.63. The highest BCUT2D eigenvalue weighted by molar-refractivity contribution is 5.78. The maximum Gasteiger partial charge on any atom is 0.223 e. The van der Waals surface area contributed by atoms with E-state index in [-0.39, 0.29) is 11.8 Å². The van der Waals surface area contributed by atoms with E-state index in [9.17, 15) is 4.79 Å². The molecule has 1 amide bonds. The van der Waals surface area contributed by atoms with E-state index in [0.717, 1.165) is 43.7 Å². The topological polar surface area (TPSA) is 80.9 Å². The normalized spacial score (nSPS) is 23.1. The van der Waals surface area contributed by atoms with Gasteiger partial charge in [-0.1, -0.05) is 0 Å². The highest BCUT2D eigenvalue weighted by Crippen LogP contribution is 2.28. The van der Waals surface area contributed by atoms with Crippen LogP contribution in [0.3, 0.4) is 0 Å². The summed E-state index contributed by atoms with van der Waals surface area (Å²) in [6, 6.07) is 1.83. The predicted molar refractivity (Wildman–Crippen MR) is 73.1 cm³/mol. The van der Waals surface area contributed by atoms with Crippen LogP contribution in [0.4, 0.5) is 0 Å². The minimum absolute atomic E-state index is 0.144. The Morgan fingerprint density at radius 2 is 2.16 bits per heavy atom. The summed E-state index contributed by atoms with van der Waals surface area (Å²) in [6.45, 7) is 3.08. The molecule has 1 aliphatic carbocycles. The van der Waals surface area contributed by atoms with Gasteiger partial charge in [-0.3, -0.25) is 4.79 Å². The Morgan fingerprint density at radius 1 is 1.42 bits per heavy atom. The molecule has 1 heterocycles. The summed E-state index contributed by atoms with van der Waals surface area (Å²) in [4.78, 5) is 20.4. The molecular weight excluding hydrogens is 240 g/mol. The first-order valence-electron chi connectivity index (χ1n) is 6.95. The maximum atomic E-state index is 12.1. The molecule has 0 saturated heterocycles. The van der Waals surface area contributed by atoms with Gasteiger partial charge in [0.05, 0.1) is 12.2 Å². The van der Waals surface area contributed by atoms with Crippen molar-refractivity contribution < 1.29 is 4.79 Å². The monoisotopic (exact) mass is 262 g/mol. The van der Waals surface area contributed by atoms with Gasteiger partial charge in [-0.15, -0.1) is 0 Å². The molecule has 0 bridgehead atoms. The molecule has 0 atom stereocenters. The van der Waals surface area contributed by atoms with Gasteiger partial charge in [0.2, 0.25) is 5.91 Å². The summed E-state index contributed by atoms with van der Waals surface area (Å²) < 4.78 is 0. The van der Waals surface area contributed by atoms with Crippen molar-refractivity contribution in [2.24, 2.45) is 17.6 Å². The van der Waals surface area contributed by atoms with Crippen LogP contribution in [-0.4, -0.2) is 22.4 Å². The Labute approximate surface area is 114 Å². The molecule has 0 spiro atoms. The molecule has 0 radical (unpaired) electrons. The molecule has 0 aliphatic heterocycles. The standard InChI is InChI=1S/C14H22N4O/c1-10-16-7-6-13(18-10)9-17-14(19)12-4-2-11(8-15)3-5-12/h6-7,11-12H,2-5,8-9,15H2,1H3,(H,17,19). The van der Waals surface area contributed by atoms with Crippen molar-refractivity contribution in [3.8, 4) is 0 Å². The Hall–Kier alpha value is -1.49. The van der Waals surface area contributed by atoms with Crippen molar-refractivity contribution in [1.29, 1.82) is 0 Å². The molecule has 1 fully saturated rings. The van der Waals surface area contributed by atoms with Crippen LogP contribution in [0.15, 0.2) is 12.3 Å². The van der Waals surface area contributed by atoms with E-state index in [1.165, 1.54) is 0 Å². The summed E-state index contributed by atoms with van der Waals surface area (Å²) in [7, 11) is 0. The SMILES string of the molecule is Cc1nccc(CNC(=O)C2CCC(CN)CC2)n1. The fraction of sp³-hybridized carbons (Fsp3) is 0.643. The van der Waals surface area contributed by atoms with Crippen LogP contribution >= 0.6 is 0 Å². The van der Waals surface area contributed by atoms with Crippen molar-refractivity contribution in [3.63, 3.8) is 0 Å². The summed E-state index contributed by atoms with van der Waals surface area (Å²) in [5, 5.41) is 2.97. The third-order valence-electron chi connectivity index (χ3n) is 3.83. The number of nitrogens with one attached hydrogen (secondary N) is 1. The number of nitrogens with zero attached hydrogens (tertiary/aromatic N) is 2. The molecule has 1 aromatic rings. The average molecular weight is 262 g/mol. The lowest BCUT2D eigenvalue weighted by Gasteiger charge is -2.26. The zero-order chi connectivity index (χ0) is 13.7. The molecule has 1 aliphatic rings. The first kappa shape index (κ1) is 13.9. The van der Waals surface area contributed by atoms with Gasteiger partial charge in [0, 0.05) is 12.1 Å². The van der Waals surface area contributed by atoms with E-state index < -0.39 is 0 Å². The zero-order valence-corrected chi connectivity index (χ0v) is 11.4. The number of amides is 1. The number of rotatable bonds is 4. The number of aryl methyl sites for hydroxylation is 1. The van der Waals surface area contributed by atoms with Crippen molar-refractivity contribution >= 4 is 5.91 Å². The quantitative estimate of drug-likeness (QED) is 0.853. The van der Waals surface area contributed by atoms with E-state index in [1.807, 2.05) is 13.0 Å². The van der Waals surface area contributed by atoms with Gasteiger partial charge in [0.15, 0.2) is 0 Å². The lowest BCUT2D eigenvalue weighted by atomic mass is 9.81. The van der Waals surface area contributed by atoms with E-state index in [0.29, 0.717) is 12.5 Å². The molecule has 1 saturated carbocycles. The van der Waals surface area contributed by atoms with Crippen molar-refractivity contribution in [2.45, 2.75) is 39.2 Å². The molecule has 0 unspecified atom stereocenters. The van der Waals surface area contributed by atoms with E-state index >= 15 is 0 Å². The highest BCUT2D eigenvalue weighted by atomic mass is 16.1. The van der Waals surface area contributed by atoms with Crippen LogP contribution in [0.5, 0.6) is 0 Å². The Kier molecular flexibility index (Phi) is 4.85. The van der Waals surface area contributed by atoms with Crippen LogP contribution in [0.2, 0.25) is 0 Å². The van der Waals surface area contributed by atoms with Crippen LogP contribution < -0.4 is 11.1 Å². The molecule has 0 aromatic carbocycles. The Balaban J connectivity index is 1.79. The number of carbonyl (C=O) groups excluding carboxylic acids is 1. The predicted octanol–water partition coefficient (Wildman–Crippen LogP) is 1.17.